The fraction of sp³-hybridized carbons (Fsp3) is 0.371. The highest BCUT2D eigenvalue weighted by molar-refractivity contribution is 6.01. The maximum atomic E-state index is 13.8. The van der Waals surface area contributed by atoms with Crippen molar-refractivity contribution < 1.29 is 19.4 Å². The van der Waals surface area contributed by atoms with Gasteiger partial charge in [-0.05, 0) is 80.1 Å². The molecule has 0 atom stereocenters. The van der Waals surface area contributed by atoms with Gasteiger partial charge in [-0.1, -0.05) is 31.4 Å². The van der Waals surface area contributed by atoms with E-state index >= 15 is 0 Å². The largest absolute Gasteiger partial charge is 0.497 e. The van der Waals surface area contributed by atoms with Crippen molar-refractivity contribution in [3.63, 3.8) is 0 Å². The van der Waals surface area contributed by atoms with Gasteiger partial charge in [-0.15, -0.1) is 0 Å². The Morgan fingerprint density at radius 3 is 2.74 bits per heavy atom. The van der Waals surface area contributed by atoms with Gasteiger partial charge in [0, 0.05) is 28.1 Å². The maximum Gasteiger partial charge on any atom is 0.252 e. The van der Waals surface area contributed by atoms with Gasteiger partial charge in [-0.2, -0.15) is 0 Å². The number of carbonyl (C=O) groups is 1. The number of ether oxygens (including phenoxy) is 2. The number of nitrogens with zero attached hydrogens (tertiary/aromatic N) is 2. The first-order valence-corrected chi connectivity index (χ1v) is 15.3. The molecule has 1 aliphatic carbocycles. The number of fused-ring (bicyclic) bond motifs is 6. The van der Waals surface area contributed by atoms with Gasteiger partial charge in [0.05, 0.1) is 42.5 Å². The standard InChI is InChI=1S/C35H38N4O4/c1-35(2,34-36-27-14-9-21(20-40)17-28(27)37-34)38-33(41)23-10-12-25-29(18-23)39-15-16-43-30-19-24(42-3)11-13-26(30)32(39)31(25)22-7-5-4-6-8-22/h9-14,17-19,22,40H,4-8,15-16,20H2,1-3H3,(H,36,37)(H,38,41). The van der Waals surface area contributed by atoms with Gasteiger partial charge < -0.3 is 29.4 Å². The first-order valence-electron chi connectivity index (χ1n) is 15.3. The minimum Gasteiger partial charge on any atom is -0.497 e. The van der Waals surface area contributed by atoms with Crippen molar-refractivity contribution in [3.05, 3.63) is 77.1 Å². The normalized spacial score (nSPS) is 15.5. The number of nitrogens with one attached hydrogen (secondary N) is 2. The molecule has 43 heavy (non-hydrogen) atoms. The second kappa shape index (κ2) is 10.8. The van der Waals surface area contributed by atoms with Gasteiger partial charge in [0.25, 0.3) is 5.91 Å². The summed E-state index contributed by atoms with van der Waals surface area (Å²) in [5, 5.41) is 13.9. The molecule has 1 saturated carbocycles. The lowest BCUT2D eigenvalue weighted by Gasteiger charge is -2.24. The molecule has 3 N–H and O–H groups in total. The van der Waals surface area contributed by atoms with E-state index < -0.39 is 5.54 Å². The third-order valence-electron chi connectivity index (χ3n) is 9.14. The summed E-state index contributed by atoms with van der Waals surface area (Å²) < 4.78 is 14.1. The van der Waals surface area contributed by atoms with Crippen molar-refractivity contribution in [2.75, 3.05) is 13.7 Å². The van der Waals surface area contributed by atoms with Crippen LogP contribution >= 0.6 is 0 Å². The predicted molar refractivity (Wildman–Crippen MR) is 168 cm³/mol. The first kappa shape index (κ1) is 27.5. The van der Waals surface area contributed by atoms with Crippen molar-refractivity contribution in [2.45, 2.75) is 70.6 Å². The maximum absolute atomic E-state index is 13.8. The van der Waals surface area contributed by atoms with Crippen molar-refractivity contribution in [2.24, 2.45) is 0 Å². The first-order chi connectivity index (χ1) is 20.9. The monoisotopic (exact) mass is 578 g/mol. The number of methoxy groups -OCH3 is 1. The van der Waals surface area contributed by atoms with Gasteiger partial charge >= 0.3 is 0 Å². The number of hydrogen-bond donors (Lipinski definition) is 3. The quantitative estimate of drug-likeness (QED) is 0.206. The third-order valence-corrected chi connectivity index (χ3v) is 9.14. The molecule has 8 nitrogen and oxygen atoms in total. The molecule has 1 fully saturated rings. The molecule has 0 radical (unpaired) electrons. The van der Waals surface area contributed by atoms with Gasteiger partial charge in [0.1, 0.15) is 23.9 Å². The molecule has 3 aromatic carbocycles. The lowest BCUT2D eigenvalue weighted by Crippen LogP contribution is -2.41. The molecule has 2 aromatic heterocycles. The molecule has 8 heteroatoms. The van der Waals surface area contributed by atoms with E-state index in [1.807, 2.05) is 56.3 Å². The Balaban J connectivity index is 1.29. The summed E-state index contributed by atoms with van der Waals surface area (Å²) in [5.41, 5.74) is 7.02. The summed E-state index contributed by atoms with van der Waals surface area (Å²) in [6.45, 7) is 5.09. The molecule has 3 heterocycles. The third kappa shape index (κ3) is 4.83. The lowest BCUT2D eigenvalue weighted by molar-refractivity contribution is 0.0909. The number of amides is 1. The van der Waals surface area contributed by atoms with E-state index in [-0.39, 0.29) is 12.5 Å². The number of aromatic nitrogens is 3. The average Bonchev–Trinajstić information content (AvgIpc) is 3.54. The zero-order valence-electron chi connectivity index (χ0n) is 25.0. The molecule has 7 rings (SSSR count). The fourth-order valence-electron chi connectivity index (χ4n) is 6.90. The Bertz CT molecular complexity index is 1840. The number of H-pyrrole nitrogens is 1. The number of aliphatic hydroxyl groups excluding tert-OH is 1. The number of rotatable bonds is 6. The van der Waals surface area contributed by atoms with Crippen LogP contribution in [0.3, 0.4) is 0 Å². The smallest absolute Gasteiger partial charge is 0.252 e. The molecule has 2 aliphatic rings. The van der Waals surface area contributed by atoms with Crippen LogP contribution in [-0.4, -0.2) is 39.3 Å². The molecule has 0 spiro atoms. The number of carbonyl (C=O) groups excluding carboxylic acids is 1. The molecule has 222 valence electrons. The number of aromatic amines is 1. The van der Waals surface area contributed by atoms with Crippen LogP contribution in [0.15, 0.2) is 54.6 Å². The molecule has 5 aromatic rings. The van der Waals surface area contributed by atoms with E-state index in [1.54, 1.807) is 7.11 Å². The minimum absolute atomic E-state index is 0.0370. The SMILES string of the molecule is COc1ccc2c(c1)OCCn1c-2c(C2CCCCC2)c2ccc(C(=O)NC(C)(C)c3nc4ccc(CO)cc4[nH]3)cc21. The number of hydrogen-bond acceptors (Lipinski definition) is 5. The summed E-state index contributed by atoms with van der Waals surface area (Å²) in [5.74, 6) is 2.59. The Labute approximate surface area is 251 Å². The fourth-order valence-corrected chi connectivity index (χ4v) is 6.90. The lowest BCUT2D eigenvalue weighted by atomic mass is 9.81. The van der Waals surface area contributed by atoms with Crippen LogP contribution in [0.25, 0.3) is 33.2 Å². The Kier molecular flexibility index (Phi) is 6.89. The number of benzene rings is 3. The summed E-state index contributed by atoms with van der Waals surface area (Å²) in [6, 6.07) is 17.9. The molecule has 1 amide bonds. The molecule has 0 unspecified atom stereocenters. The second-order valence-electron chi connectivity index (χ2n) is 12.4. The van der Waals surface area contributed by atoms with Crippen molar-refractivity contribution >= 4 is 27.8 Å². The summed E-state index contributed by atoms with van der Waals surface area (Å²) >= 11 is 0. The van der Waals surface area contributed by atoms with Gasteiger partial charge in [0.15, 0.2) is 0 Å². The summed E-state index contributed by atoms with van der Waals surface area (Å²) in [6.07, 6.45) is 6.11. The van der Waals surface area contributed by atoms with E-state index in [2.05, 4.69) is 27.0 Å². The van der Waals surface area contributed by atoms with Crippen molar-refractivity contribution in [3.8, 4) is 22.8 Å². The molecule has 0 saturated heterocycles. The topological polar surface area (TPSA) is 101 Å². The van der Waals surface area contributed by atoms with Crippen LogP contribution in [0.2, 0.25) is 0 Å². The summed E-state index contributed by atoms with van der Waals surface area (Å²) in [4.78, 5) is 21.8. The van der Waals surface area contributed by atoms with E-state index in [0.717, 1.165) is 39.2 Å². The molecular formula is C35H38N4O4. The van der Waals surface area contributed by atoms with Gasteiger partial charge in [-0.3, -0.25) is 4.79 Å². The zero-order chi connectivity index (χ0) is 29.7. The predicted octanol–water partition coefficient (Wildman–Crippen LogP) is 6.79. The zero-order valence-corrected chi connectivity index (χ0v) is 25.0. The van der Waals surface area contributed by atoms with Crippen LogP contribution in [0.1, 0.15) is 79.2 Å². The van der Waals surface area contributed by atoms with Crippen LogP contribution < -0.4 is 14.8 Å². The van der Waals surface area contributed by atoms with Crippen LogP contribution in [0.4, 0.5) is 0 Å². The minimum atomic E-state index is -0.750. The highest BCUT2D eigenvalue weighted by Crippen LogP contribution is 2.47. The molecular weight excluding hydrogens is 540 g/mol. The molecule has 1 aliphatic heterocycles. The second-order valence-corrected chi connectivity index (χ2v) is 12.4. The van der Waals surface area contributed by atoms with E-state index in [1.165, 1.54) is 48.7 Å². The van der Waals surface area contributed by atoms with Crippen LogP contribution in [0, 0.1) is 0 Å². The van der Waals surface area contributed by atoms with Crippen LogP contribution in [-0.2, 0) is 18.7 Å². The Morgan fingerprint density at radius 1 is 1.12 bits per heavy atom. The number of aliphatic hydroxyl groups is 1. The van der Waals surface area contributed by atoms with Crippen LogP contribution in [0.5, 0.6) is 11.5 Å². The van der Waals surface area contributed by atoms with Gasteiger partial charge in [-0.25, -0.2) is 4.98 Å². The van der Waals surface area contributed by atoms with Crippen molar-refractivity contribution in [1.29, 1.82) is 0 Å². The van der Waals surface area contributed by atoms with Gasteiger partial charge in [0.2, 0.25) is 0 Å². The average molecular weight is 579 g/mol. The highest BCUT2D eigenvalue weighted by Gasteiger charge is 2.31. The summed E-state index contributed by atoms with van der Waals surface area (Å²) in [7, 11) is 1.68. The Hall–Kier alpha value is -4.30. The van der Waals surface area contributed by atoms with Crippen molar-refractivity contribution in [1.82, 2.24) is 19.9 Å². The Morgan fingerprint density at radius 2 is 1.95 bits per heavy atom. The van der Waals surface area contributed by atoms with E-state index in [9.17, 15) is 9.90 Å². The van der Waals surface area contributed by atoms with E-state index in [0.29, 0.717) is 30.5 Å². The van der Waals surface area contributed by atoms with E-state index in [4.69, 9.17) is 14.5 Å². The molecule has 0 bridgehead atoms. The number of imidazole rings is 1. The highest BCUT2D eigenvalue weighted by atomic mass is 16.5.